The van der Waals surface area contributed by atoms with Crippen LogP contribution in [-0.2, 0) is 22.7 Å². The maximum absolute atomic E-state index is 12.4. The summed E-state index contributed by atoms with van der Waals surface area (Å²) in [6, 6.07) is 11.9. The molecule has 3 rings (SSSR count). The minimum absolute atomic E-state index is 0.0786. The molecule has 6 heteroatoms. The topological polar surface area (TPSA) is 50.6 Å². The number of benzene rings is 1. The van der Waals surface area contributed by atoms with Gasteiger partial charge >= 0.3 is 0 Å². The van der Waals surface area contributed by atoms with Crippen molar-refractivity contribution in [1.82, 2.24) is 19.6 Å². The third-order valence-electron chi connectivity index (χ3n) is 4.25. The molecule has 0 radical (unpaired) electrons. The molecule has 2 aromatic rings. The van der Waals surface area contributed by atoms with Gasteiger partial charge in [-0.15, -0.1) is 0 Å². The molecular weight excluding hydrogens is 304 g/mol. The zero-order chi connectivity index (χ0) is 16.9. The van der Waals surface area contributed by atoms with E-state index in [1.54, 1.807) is 25.2 Å². The summed E-state index contributed by atoms with van der Waals surface area (Å²) in [6.07, 6.45) is 1.76. The van der Waals surface area contributed by atoms with Crippen molar-refractivity contribution >= 4 is 5.91 Å². The number of hydrogen-bond acceptors (Lipinski definition) is 4. The van der Waals surface area contributed by atoms with E-state index in [1.807, 2.05) is 28.9 Å². The molecule has 1 amide bonds. The molecule has 1 atom stereocenters. The first-order chi connectivity index (χ1) is 11.6. The summed E-state index contributed by atoms with van der Waals surface area (Å²) in [5.74, 6) is 0.0786. The van der Waals surface area contributed by atoms with Gasteiger partial charge in [0.15, 0.2) is 0 Å². The van der Waals surface area contributed by atoms with Crippen LogP contribution in [0.3, 0.4) is 0 Å². The first-order valence-corrected chi connectivity index (χ1v) is 8.22. The smallest absolute Gasteiger partial charge is 0.248 e. The number of likely N-dealkylation sites (N-methyl/N-ethyl adjacent to an activating group) is 1. The second-order valence-electron chi connectivity index (χ2n) is 6.29. The Bertz CT molecular complexity index is 669. The molecule has 6 nitrogen and oxygen atoms in total. The molecule has 1 aliphatic rings. The highest BCUT2D eigenvalue weighted by Gasteiger charge is 2.31. The Hall–Kier alpha value is -2.18. The molecular formula is C18H24N4O2. The van der Waals surface area contributed by atoms with E-state index in [0.29, 0.717) is 19.8 Å². The van der Waals surface area contributed by atoms with Crippen LogP contribution in [0.4, 0.5) is 0 Å². The Morgan fingerprint density at radius 3 is 2.83 bits per heavy atom. The largest absolute Gasteiger partial charge is 0.375 e. The van der Waals surface area contributed by atoms with Gasteiger partial charge in [0.25, 0.3) is 0 Å². The first-order valence-electron chi connectivity index (χ1n) is 8.22. The number of ether oxygens (including phenoxy) is 1. The van der Waals surface area contributed by atoms with E-state index in [0.717, 1.165) is 18.8 Å². The van der Waals surface area contributed by atoms with Crippen LogP contribution in [-0.4, -0.2) is 59.3 Å². The van der Waals surface area contributed by atoms with Gasteiger partial charge in [0.05, 0.1) is 18.9 Å². The summed E-state index contributed by atoms with van der Waals surface area (Å²) in [5.41, 5.74) is 2.25. The standard InChI is InChI=1S/C18H24N4O2/c1-20(2)18(23)17-13-21(12-16-8-9-19-22(16)17)10-11-24-14-15-6-4-3-5-7-15/h3-9,17H,10-14H2,1-2H3. The zero-order valence-electron chi connectivity index (χ0n) is 14.3. The van der Waals surface area contributed by atoms with Crippen LogP contribution in [0.2, 0.25) is 0 Å². The molecule has 1 unspecified atom stereocenters. The second-order valence-corrected chi connectivity index (χ2v) is 6.29. The Labute approximate surface area is 142 Å². The fourth-order valence-electron chi connectivity index (χ4n) is 2.97. The number of fused-ring (bicyclic) bond motifs is 1. The van der Waals surface area contributed by atoms with E-state index >= 15 is 0 Å². The van der Waals surface area contributed by atoms with E-state index < -0.39 is 0 Å². The van der Waals surface area contributed by atoms with E-state index in [1.165, 1.54) is 5.56 Å². The SMILES string of the molecule is CN(C)C(=O)C1CN(CCOCc2ccccc2)Cc2ccnn21. The maximum Gasteiger partial charge on any atom is 0.248 e. The lowest BCUT2D eigenvalue weighted by Crippen LogP contribution is -2.45. The van der Waals surface area contributed by atoms with Crippen molar-refractivity contribution in [1.29, 1.82) is 0 Å². The molecule has 128 valence electrons. The van der Waals surface area contributed by atoms with Gasteiger partial charge in [-0.3, -0.25) is 14.4 Å². The van der Waals surface area contributed by atoms with Crippen LogP contribution in [0.5, 0.6) is 0 Å². The van der Waals surface area contributed by atoms with Gasteiger partial charge in [-0.1, -0.05) is 30.3 Å². The predicted octanol–water partition coefficient (Wildman–Crippen LogP) is 1.54. The molecule has 1 aromatic carbocycles. The highest BCUT2D eigenvalue weighted by Crippen LogP contribution is 2.21. The molecule has 0 spiro atoms. The average Bonchev–Trinajstić information content (AvgIpc) is 3.06. The number of aromatic nitrogens is 2. The van der Waals surface area contributed by atoms with Gasteiger partial charge < -0.3 is 9.64 Å². The lowest BCUT2D eigenvalue weighted by molar-refractivity contribution is -0.134. The fourth-order valence-corrected chi connectivity index (χ4v) is 2.97. The van der Waals surface area contributed by atoms with Crippen LogP contribution in [0.15, 0.2) is 42.6 Å². The number of rotatable bonds is 6. The Morgan fingerprint density at radius 1 is 1.29 bits per heavy atom. The third-order valence-corrected chi connectivity index (χ3v) is 4.25. The summed E-state index contributed by atoms with van der Waals surface area (Å²) < 4.78 is 7.63. The van der Waals surface area contributed by atoms with Crippen LogP contribution < -0.4 is 0 Å². The quantitative estimate of drug-likeness (QED) is 0.755. The Kier molecular flexibility index (Phi) is 5.27. The normalized spacial score (nSPS) is 17.5. The van der Waals surface area contributed by atoms with Crippen LogP contribution >= 0.6 is 0 Å². The second kappa shape index (κ2) is 7.59. The lowest BCUT2D eigenvalue weighted by atomic mass is 10.1. The molecule has 0 fully saturated rings. The maximum atomic E-state index is 12.4. The molecule has 1 aromatic heterocycles. The number of hydrogen-bond donors (Lipinski definition) is 0. The third kappa shape index (κ3) is 3.83. The summed E-state index contributed by atoms with van der Waals surface area (Å²) in [6.45, 7) is 3.53. The molecule has 0 aliphatic carbocycles. The minimum atomic E-state index is -0.257. The van der Waals surface area contributed by atoms with Gasteiger partial charge in [-0.25, -0.2) is 0 Å². The van der Waals surface area contributed by atoms with Crippen LogP contribution in [0.1, 0.15) is 17.3 Å². The van der Waals surface area contributed by atoms with Gasteiger partial charge in [0.1, 0.15) is 6.04 Å². The van der Waals surface area contributed by atoms with Crippen LogP contribution in [0, 0.1) is 0 Å². The van der Waals surface area contributed by atoms with Gasteiger partial charge in [-0.2, -0.15) is 5.10 Å². The monoisotopic (exact) mass is 328 g/mol. The summed E-state index contributed by atoms with van der Waals surface area (Å²) in [4.78, 5) is 16.3. The van der Waals surface area contributed by atoms with Crippen molar-refractivity contribution in [3.8, 4) is 0 Å². The van der Waals surface area contributed by atoms with Crippen molar-refractivity contribution in [3.05, 3.63) is 53.9 Å². The molecule has 0 bridgehead atoms. The minimum Gasteiger partial charge on any atom is -0.375 e. The average molecular weight is 328 g/mol. The molecule has 2 heterocycles. The van der Waals surface area contributed by atoms with E-state index in [9.17, 15) is 4.79 Å². The molecule has 0 N–H and O–H groups in total. The molecule has 0 saturated heterocycles. The van der Waals surface area contributed by atoms with Crippen molar-refractivity contribution in [2.45, 2.75) is 19.2 Å². The highest BCUT2D eigenvalue weighted by molar-refractivity contribution is 5.80. The van der Waals surface area contributed by atoms with E-state index in [2.05, 4.69) is 22.1 Å². The summed E-state index contributed by atoms with van der Waals surface area (Å²) >= 11 is 0. The van der Waals surface area contributed by atoms with Gasteiger partial charge in [0, 0.05) is 39.9 Å². The van der Waals surface area contributed by atoms with Crippen molar-refractivity contribution in [2.75, 3.05) is 33.8 Å². The molecule has 0 saturated carbocycles. The highest BCUT2D eigenvalue weighted by atomic mass is 16.5. The Morgan fingerprint density at radius 2 is 2.08 bits per heavy atom. The van der Waals surface area contributed by atoms with E-state index in [-0.39, 0.29) is 11.9 Å². The van der Waals surface area contributed by atoms with Crippen molar-refractivity contribution < 1.29 is 9.53 Å². The molecule has 24 heavy (non-hydrogen) atoms. The van der Waals surface area contributed by atoms with E-state index in [4.69, 9.17) is 4.74 Å². The first kappa shape index (κ1) is 16.7. The fraction of sp³-hybridized carbons (Fsp3) is 0.444. The summed E-state index contributed by atoms with van der Waals surface area (Å²) in [5, 5.41) is 4.32. The number of carbonyl (C=O) groups is 1. The zero-order valence-corrected chi connectivity index (χ0v) is 14.3. The Balaban J connectivity index is 1.54. The molecule has 1 aliphatic heterocycles. The van der Waals surface area contributed by atoms with Crippen molar-refractivity contribution in [3.63, 3.8) is 0 Å². The van der Waals surface area contributed by atoms with Gasteiger partial charge in [-0.05, 0) is 11.6 Å². The lowest BCUT2D eigenvalue weighted by Gasteiger charge is -2.34. The number of amides is 1. The summed E-state index contributed by atoms with van der Waals surface area (Å²) in [7, 11) is 3.57. The number of nitrogens with zero attached hydrogens (tertiary/aromatic N) is 4. The van der Waals surface area contributed by atoms with Crippen LogP contribution in [0.25, 0.3) is 0 Å². The van der Waals surface area contributed by atoms with Gasteiger partial charge in [0.2, 0.25) is 5.91 Å². The predicted molar refractivity (Wildman–Crippen MR) is 91.3 cm³/mol. The van der Waals surface area contributed by atoms with Crippen molar-refractivity contribution in [2.24, 2.45) is 0 Å². The number of carbonyl (C=O) groups excluding carboxylic acids is 1.